The van der Waals surface area contributed by atoms with Crippen LogP contribution in [0.2, 0.25) is 0 Å². The van der Waals surface area contributed by atoms with Crippen molar-refractivity contribution in [1.29, 1.82) is 0 Å². The molecule has 17 atom stereocenters. The molecule has 9 N–H and O–H groups in total. The lowest BCUT2D eigenvalue weighted by atomic mass is 9.36. The predicted octanol–water partition coefficient (Wildman–Crippen LogP) is -4.13. The van der Waals surface area contributed by atoms with Gasteiger partial charge >= 0.3 is 5.97 Å². The molecule has 14 nitrogen and oxygen atoms in total. The molecular weight excluding hydrogens is 536 g/mol. The molecule has 14 heteroatoms. The molecule has 2 bridgehead atoms. The van der Waals surface area contributed by atoms with Crippen molar-refractivity contribution in [3.63, 3.8) is 0 Å². The Morgan fingerprint density at radius 1 is 1.05 bits per heavy atom. The number of aliphatic hydroxyl groups is 9. The van der Waals surface area contributed by atoms with E-state index in [0.717, 1.165) is 0 Å². The number of aliphatic hydroxyl groups excluding tert-OH is 7. The van der Waals surface area contributed by atoms with Crippen LogP contribution in [0.4, 0.5) is 0 Å². The van der Waals surface area contributed by atoms with Gasteiger partial charge in [-0.05, 0) is 19.3 Å². The first-order valence-corrected chi connectivity index (χ1v) is 13.6. The molecule has 2 saturated carbocycles. The number of rotatable bonds is 3. The highest BCUT2D eigenvalue weighted by molar-refractivity contribution is 5.78. The minimum atomic E-state index is -2.31. The average Bonchev–Trinajstić information content (AvgIpc) is 3.24. The lowest BCUT2D eigenvalue weighted by Crippen LogP contribution is -2.84. The summed E-state index contributed by atoms with van der Waals surface area (Å²) in [5.74, 6) is -6.46. The molecule has 0 aromatic carbocycles. The van der Waals surface area contributed by atoms with Gasteiger partial charge in [0, 0.05) is 17.3 Å². The van der Waals surface area contributed by atoms with Crippen LogP contribution >= 0.6 is 0 Å². The van der Waals surface area contributed by atoms with E-state index in [9.17, 15) is 50.8 Å². The summed E-state index contributed by atoms with van der Waals surface area (Å²) < 4.78 is 22.9. The number of esters is 1. The summed E-state index contributed by atoms with van der Waals surface area (Å²) >= 11 is 0. The summed E-state index contributed by atoms with van der Waals surface area (Å²) in [6.07, 6.45) is -13.8. The molecule has 226 valence electrons. The molecule has 3 heterocycles. The maximum atomic E-state index is 12.8. The zero-order valence-corrected chi connectivity index (χ0v) is 22.3. The molecule has 3 aliphatic carbocycles. The van der Waals surface area contributed by atoms with Crippen LogP contribution in [-0.4, -0.2) is 138 Å². The lowest BCUT2D eigenvalue weighted by molar-refractivity contribution is -0.382. The number of allylic oxidation sites excluding steroid dienone is 1. The van der Waals surface area contributed by atoms with Crippen LogP contribution in [0.5, 0.6) is 0 Å². The Bertz CT molecular complexity index is 1100. The molecule has 40 heavy (non-hydrogen) atoms. The largest absolute Gasteiger partial charge is 0.460 e. The van der Waals surface area contributed by atoms with E-state index in [0.29, 0.717) is 5.57 Å². The molecule has 6 aliphatic rings. The minimum Gasteiger partial charge on any atom is -0.460 e. The second-order valence-corrected chi connectivity index (χ2v) is 12.7. The maximum Gasteiger partial charge on any atom is 0.338 e. The van der Waals surface area contributed by atoms with Crippen molar-refractivity contribution in [1.82, 2.24) is 0 Å². The summed E-state index contributed by atoms with van der Waals surface area (Å²) in [6.45, 7) is 3.71. The molecule has 3 aliphatic heterocycles. The summed E-state index contributed by atoms with van der Waals surface area (Å²) in [7, 11) is 0. The van der Waals surface area contributed by atoms with E-state index < -0.39 is 114 Å². The van der Waals surface area contributed by atoms with Gasteiger partial charge in [0.1, 0.15) is 48.3 Å². The zero-order chi connectivity index (χ0) is 29.3. The maximum absolute atomic E-state index is 12.8. The van der Waals surface area contributed by atoms with Crippen LogP contribution in [-0.2, 0) is 23.7 Å². The molecule has 17 unspecified atom stereocenters. The Hall–Kier alpha value is -1.27. The van der Waals surface area contributed by atoms with Crippen molar-refractivity contribution in [3.05, 3.63) is 11.6 Å². The number of hydrogen-bond donors (Lipinski definition) is 9. The second kappa shape index (κ2) is 8.88. The first-order valence-electron chi connectivity index (χ1n) is 13.6. The van der Waals surface area contributed by atoms with Gasteiger partial charge in [-0.15, -0.1) is 0 Å². The van der Waals surface area contributed by atoms with E-state index in [1.54, 1.807) is 19.9 Å². The summed E-state index contributed by atoms with van der Waals surface area (Å²) in [6, 6.07) is 0. The monoisotopic (exact) mass is 574 g/mol. The fourth-order valence-corrected chi connectivity index (χ4v) is 9.18. The van der Waals surface area contributed by atoms with Crippen molar-refractivity contribution in [3.8, 4) is 0 Å². The summed E-state index contributed by atoms with van der Waals surface area (Å²) in [5.41, 5.74) is -4.70. The van der Waals surface area contributed by atoms with Crippen LogP contribution in [0.15, 0.2) is 11.6 Å². The van der Waals surface area contributed by atoms with Gasteiger partial charge in [0.2, 0.25) is 0 Å². The molecule has 0 radical (unpaired) electrons. The molecule has 0 amide bonds. The quantitative estimate of drug-likeness (QED) is 0.115. The highest BCUT2D eigenvalue weighted by Crippen LogP contribution is 2.74. The zero-order valence-electron chi connectivity index (χ0n) is 22.3. The van der Waals surface area contributed by atoms with Gasteiger partial charge < -0.3 is 64.9 Å². The third kappa shape index (κ3) is 3.11. The van der Waals surface area contributed by atoms with Crippen LogP contribution in [0.3, 0.4) is 0 Å². The van der Waals surface area contributed by atoms with Crippen molar-refractivity contribution in [2.75, 3.05) is 13.2 Å². The number of carbonyl (C=O) groups is 1. The molecular formula is C26H38O14. The van der Waals surface area contributed by atoms with Crippen LogP contribution in [0.25, 0.3) is 0 Å². The SMILES string of the molecule is CC1=CC(OC2OC(CO)C(O)C(O)C2O)C(O)C2(C)C1CC1OC(=O)C(O)C3(O)C(C)C(O)C4(O)OCC13C42. The Balaban J connectivity index is 1.45. The van der Waals surface area contributed by atoms with Crippen molar-refractivity contribution < 1.29 is 69.7 Å². The fourth-order valence-electron chi connectivity index (χ4n) is 9.18. The topological polar surface area (TPSA) is 236 Å². The molecule has 5 fully saturated rings. The Kier molecular flexibility index (Phi) is 6.40. The van der Waals surface area contributed by atoms with E-state index in [2.05, 4.69) is 0 Å². The third-order valence-corrected chi connectivity index (χ3v) is 11.2. The van der Waals surface area contributed by atoms with E-state index in [1.165, 1.54) is 6.92 Å². The van der Waals surface area contributed by atoms with Gasteiger partial charge in [-0.1, -0.05) is 25.5 Å². The van der Waals surface area contributed by atoms with Gasteiger partial charge in [0.15, 0.2) is 18.2 Å². The number of hydrogen-bond acceptors (Lipinski definition) is 14. The van der Waals surface area contributed by atoms with Gasteiger partial charge in [0.25, 0.3) is 0 Å². The molecule has 0 aromatic heterocycles. The highest BCUT2D eigenvalue weighted by Gasteiger charge is 2.87. The molecule has 0 aromatic rings. The molecule has 1 spiro atoms. The van der Waals surface area contributed by atoms with Crippen LogP contribution in [0, 0.1) is 28.6 Å². The molecule has 6 rings (SSSR count). The number of ether oxygens (including phenoxy) is 4. The van der Waals surface area contributed by atoms with Crippen molar-refractivity contribution >= 4 is 5.97 Å². The standard InChI is InChI=1S/C26H38O14/c1-8-4-11(38-21-16(30)15(29)14(28)12(6-27)39-21)18(32)23(3)10(8)5-13-24-7-37-26(36,22(23)24)17(31)9(2)25(24,35)19(33)20(34)40-13/h4,9-19,21-22,27-33,35-36H,5-7H2,1-3H3. The fraction of sp³-hybridized carbons (Fsp3) is 0.885. The van der Waals surface area contributed by atoms with Gasteiger partial charge in [-0.25, -0.2) is 4.79 Å². The number of fused-ring (bicyclic) bond motifs is 1. The second-order valence-electron chi connectivity index (χ2n) is 12.7. The van der Waals surface area contributed by atoms with E-state index >= 15 is 0 Å². The van der Waals surface area contributed by atoms with Crippen LogP contribution in [0.1, 0.15) is 27.2 Å². The lowest BCUT2D eigenvalue weighted by Gasteiger charge is -2.71. The Labute approximate surface area is 229 Å². The smallest absolute Gasteiger partial charge is 0.338 e. The first-order chi connectivity index (χ1) is 18.6. The van der Waals surface area contributed by atoms with Crippen molar-refractivity contribution in [2.24, 2.45) is 28.6 Å². The normalized spacial score (nSPS) is 60.9. The van der Waals surface area contributed by atoms with E-state index in [1.807, 2.05) is 0 Å². The van der Waals surface area contributed by atoms with Gasteiger partial charge in [0.05, 0.1) is 24.7 Å². The summed E-state index contributed by atoms with van der Waals surface area (Å²) in [5, 5.41) is 98.8. The van der Waals surface area contributed by atoms with Gasteiger partial charge in [-0.3, -0.25) is 0 Å². The minimum absolute atomic E-state index is 0.0994. The first kappa shape index (κ1) is 28.8. The predicted molar refractivity (Wildman–Crippen MR) is 127 cm³/mol. The Morgan fingerprint density at radius 2 is 1.73 bits per heavy atom. The Morgan fingerprint density at radius 3 is 2.38 bits per heavy atom. The van der Waals surface area contributed by atoms with E-state index in [4.69, 9.17) is 18.9 Å². The van der Waals surface area contributed by atoms with Crippen LogP contribution < -0.4 is 0 Å². The number of carbonyl (C=O) groups excluding carboxylic acids is 1. The van der Waals surface area contributed by atoms with Crippen molar-refractivity contribution in [2.45, 2.75) is 99.8 Å². The average molecular weight is 575 g/mol. The van der Waals surface area contributed by atoms with Gasteiger partial charge in [-0.2, -0.15) is 0 Å². The van der Waals surface area contributed by atoms with E-state index in [-0.39, 0.29) is 13.0 Å². The summed E-state index contributed by atoms with van der Waals surface area (Å²) in [4.78, 5) is 12.8. The third-order valence-electron chi connectivity index (χ3n) is 11.2. The highest BCUT2D eigenvalue weighted by atomic mass is 16.7. The molecule has 3 saturated heterocycles.